The summed E-state index contributed by atoms with van der Waals surface area (Å²) in [5.74, 6) is -0.411. The highest BCUT2D eigenvalue weighted by atomic mass is 19.4. The molecule has 0 aromatic carbocycles. The second-order valence-electron chi connectivity index (χ2n) is 5.84. The number of likely N-dealkylation sites (N-methyl/N-ethyl adjacent to an activating group) is 1. The van der Waals surface area contributed by atoms with Crippen LogP contribution in [0.2, 0.25) is 0 Å². The van der Waals surface area contributed by atoms with Gasteiger partial charge in [-0.25, -0.2) is 4.98 Å². The molecule has 0 unspecified atom stereocenters. The van der Waals surface area contributed by atoms with Gasteiger partial charge in [-0.3, -0.25) is 4.79 Å². The van der Waals surface area contributed by atoms with Crippen molar-refractivity contribution in [3.63, 3.8) is 0 Å². The molecule has 0 saturated heterocycles. The number of allylic oxidation sites excluding steroid dienone is 1. The average Bonchev–Trinajstić information content (AvgIpc) is 3.21. The minimum Gasteiger partial charge on any atom is -0.472 e. The Morgan fingerprint density at radius 3 is 2.65 bits per heavy atom. The predicted molar refractivity (Wildman–Crippen MR) is 89.8 cm³/mol. The second kappa shape index (κ2) is 6.36. The van der Waals surface area contributed by atoms with Gasteiger partial charge in [0, 0.05) is 43.4 Å². The Labute approximate surface area is 147 Å². The number of nitrogens with one attached hydrogen (secondary N) is 1. The van der Waals surface area contributed by atoms with Crippen LogP contribution in [0.1, 0.15) is 28.7 Å². The highest BCUT2D eigenvalue weighted by Crippen LogP contribution is 2.36. The first-order chi connectivity index (χ1) is 12.2. The first-order valence-corrected chi connectivity index (χ1v) is 7.73. The SMILES string of the molecule is C=C(Cc1c(C(C)=O)nc2c(C(F)(F)F)cc(-c3ccoc3)cn12)NC. The lowest BCUT2D eigenvalue weighted by Crippen LogP contribution is -2.12. The van der Waals surface area contributed by atoms with Gasteiger partial charge in [0.2, 0.25) is 0 Å². The van der Waals surface area contributed by atoms with Crippen molar-refractivity contribution in [2.75, 3.05) is 7.05 Å². The zero-order valence-corrected chi connectivity index (χ0v) is 14.1. The molecule has 3 aromatic heterocycles. The maximum atomic E-state index is 13.6. The van der Waals surface area contributed by atoms with Gasteiger partial charge in [-0.05, 0) is 12.1 Å². The summed E-state index contributed by atoms with van der Waals surface area (Å²) in [7, 11) is 1.65. The largest absolute Gasteiger partial charge is 0.472 e. The molecule has 0 bridgehead atoms. The molecule has 0 aliphatic rings. The number of aromatic nitrogens is 2. The number of furan rings is 1. The number of imidazole rings is 1. The third kappa shape index (κ3) is 3.10. The molecular weight excluding hydrogens is 347 g/mol. The fraction of sp³-hybridized carbons (Fsp3) is 0.222. The van der Waals surface area contributed by atoms with Gasteiger partial charge in [-0.15, -0.1) is 0 Å². The first-order valence-electron chi connectivity index (χ1n) is 7.73. The fourth-order valence-corrected chi connectivity index (χ4v) is 2.73. The number of hydrogen-bond donors (Lipinski definition) is 1. The molecule has 0 fully saturated rings. The lowest BCUT2D eigenvalue weighted by molar-refractivity contribution is -0.136. The van der Waals surface area contributed by atoms with E-state index >= 15 is 0 Å². The van der Waals surface area contributed by atoms with E-state index in [1.807, 2.05) is 0 Å². The third-order valence-corrected chi connectivity index (χ3v) is 4.05. The number of carbonyl (C=O) groups is 1. The Morgan fingerprint density at radius 1 is 1.38 bits per heavy atom. The van der Waals surface area contributed by atoms with Gasteiger partial charge in [0.25, 0.3) is 0 Å². The standard InChI is InChI=1S/C18H16F3N3O2/c1-10(22-3)6-15-16(11(2)25)23-17-14(18(19,20)21)7-13(8-24(15)17)12-4-5-26-9-12/h4-5,7-9,22H,1,6H2,2-3H3. The highest BCUT2D eigenvalue weighted by molar-refractivity contribution is 5.94. The van der Waals surface area contributed by atoms with E-state index in [-0.39, 0.29) is 17.8 Å². The zero-order chi connectivity index (χ0) is 19.1. The van der Waals surface area contributed by atoms with E-state index in [4.69, 9.17) is 4.42 Å². The minimum atomic E-state index is -4.63. The Balaban J connectivity index is 2.37. The Bertz CT molecular complexity index is 985. The van der Waals surface area contributed by atoms with Crippen LogP contribution in [0.4, 0.5) is 13.2 Å². The number of rotatable bonds is 5. The molecule has 0 amide bonds. The van der Waals surface area contributed by atoms with Crippen LogP contribution in [0, 0.1) is 0 Å². The average molecular weight is 363 g/mol. The summed E-state index contributed by atoms with van der Waals surface area (Å²) in [6.45, 7) is 5.07. The molecule has 3 heterocycles. The molecule has 3 aromatic rings. The summed E-state index contributed by atoms with van der Waals surface area (Å²) < 4.78 is 47.1. The smallest absolute Gasteiger partial charge is 0.420 e. The summed E-state index contributed by atoms with van der Waals surface area (Å²) in [4.78, 5) is 15.9. The summed E-state index contributed by atoms with van der Waals surface area (Å²) in [5, 5.41) is 2.84. The summed E-state index contributed by atoms with van der Waals surface area (Å²) in [5.41, 5.74) is 0.473. The van der Waals surface area contributed by atoms with Crippen LogP contribution in [0.5, 0.6) is 0 Å². The maximum absolute atomic E-state index is 13.6. The van der Waals surface area contributed by atoms with Gasteiger partial charge >= 0.3 is 6.18 Å². The molecular formula is C18H16F3N3O2. The van der Waals surface area contributed by atoms with E-state index in [0.717, 1.165) is 6.07 Å². The summed E-state index contributed by atoms with van der Waals surface area (Å²) >= 11 is 0. The van der Waals surface area contributed by atoms with E-state index in [1.165, 1.54) is 30.0 Å². The van der Waals surface area contributed by atoms with Crippen molar-refractivity contribution in [1.29, 1.82) is 0 Å². The van der Waals surface area contributed by atoms with Gasteiger partial charge in [-0.2, -0.15) is 13.2 Å². The molecule has 0 aliphatic heterocycles. The van der Waals surface area contributed by atoms with Gasteiger partial charge in [0.1, 0.15) is 11.3 Å². The van der Waals surface area contributed by atoms with Gasteiger partial charge in [0.05, 0.1) is 23.8 Å². The molecule has 0 aliphatic carbocycles. The van der Waals surface area contributed by atoms with Gasteiger partial charge < -0.3 is 14.1 Å². The lowest BCUT2D eigenvalue weighted by atomic mass is 10.1. The van der Waals surface area contributed by atoms with E-state index in [1.54, 1.807) is 13.1 Å². The van der Waals surface area contributed by atoms with Gasteiger partial charge in [0.15, 0.2) is 5.78 Å². The molecule has 0 spiro atoms. The van der Waals surface area contributed by atoms with Crippen molar-refractivity contribution < 1.29 is 22.4 Å². The number of hydrogen-bond acceptors (Lipinski definition) is 4. The maximum Gasteiger partial charge on any atom is 0.420 e. The summed E-state index contributed by atoms with van der Waals surface area (Å²) in [6, 6.07) is 2.57. The van der Waals surface area contributed by atoms with Crippen LogP contribution < -0.4 is 5.32 Å². The number of fused-ring (bicyclic) bond motifs is 1. The van der Waals surface area contributed by atoms with Crippen LogP contribution >= 0.6 is 0 Å². The van der Waals surface area contributed by atoms with Crippen molar-refractivity contribution in [2.45, 2.75) is 19.5 Å². The minimum absolute atomic E-state index is 0.00348. The number of nitrogens with zero attached hydrogens (tertiary/aromatic N) is 2. The lowest BCUT2D eigenvalue weighted by Gasteiger charge is -2.12. The van der Waals surface area contributed by atoms with Crippen LogP contribution in [-0.2, 0) is 12.6 Å². The first kappa shape index (κ1) is 17.8. The Kier molecular flexibility index (Phi) is 4.35. The fourth-order valence-electron chi connectivity index (χ4n) is 2.73. The van der Waals surface area contributed by atoms with Crippen LogP contribution in [-0.4, -0.2) is 22.2 Å². The monoisotopic (exact) mass is 363 g/mol. The van der Waals surface area contributed by atoms with Crippen molar-refractivity contribution >= 4 is 11.4 Å². The molecule has 0 saturated carbocycles. The number of pyridine rings is 1. The molecule has 26 heavy (non-hydrogen) atoms. The zero-order valence-electron chi connectivity index (χ0n) is 14.1. The number of alkyl halides is 3. The number of ketones is 1. The highest BCUT2D eigenvalue weighted by Gasteiger charge is 2.36. The molecule has 0 atom stereocenters. The van der Waals surface area contributed by atoms with Crippen molar-refractivity contribution in [3.05, 3.63) is 60.1 Å². The Hall–Kier alpha value is -3.03. The molecule has 0 radical (unpaired) electrons. The number of halogens is 3. The predicted octanol–water partition coefficient (Wildman–Crippen LogP) is 4.09. The Morgan fingerprint density at radius 2 is 2.12 bits per heavy atom. The van der Waals surface area contributed by atoms with Crippen molar-refractivity contribution in [2.24, 2.45) is 0 Å². The van der Waals surface area contributed by atoms with Crippen LogP contribution in [0.3, 0.4) is 0 Å². The molecule has 8 heteroatoms. The van der Waals surface area contributed by atoms with Crippen LogP contribution in [0.25, 0.3) is 16.8 Å². The normalized spacial score (nSPS) is 11.7. The molecule has 1 N–H and O–H groups in total. The third-order valence-electron chi connectivity index (χ3n) is 4.05. The van der Waals surface area contributed by atoms with E-state index in [0.29, 0.717) is 22.5 Å². The van der Waals surface area contributed by atoms with E-state index < -0.39 is 17.5 Å². The number of carbonyl (C=O) groups excluding carboxylic acids is 1. The topological polar surface area (TPSA) is 59.5 Å². The molecule has 5 nitrogen and oxygen atoms in total. The van der Waals surface area contributed by atoms with E-state index in [2.05, 4.69) is 16.9 Å². The van der Waals surface area contributed by atoms with Crippen molar-refractivity contribution in [1.82, 2.24) is 14.7 Å². The van der Waals surface area contributed by atoms with Crippen molar-refractivity contribution in [3.8, 4) is 11.1 Å². The number of Topliss-reactive ketones (excluding diaryl/α,β-unsaturated/α-hetero) is 1. The summed E-state index contributed by atoms with van der Waals surface area (Å²) in [6.07, 6.45) is -0.203. The molecule has 136 valence electrons. The second-order valence-corrected chi connectivity index (χ2v) is 5.84. The quantitative estimate of drug-likeness (QED) is 0.694. The molecule has 3 rings (SSSR count). The van der Waals surface area contributed by atoms with Gasteiger partial charge in [-0.1, -0.05) is 6.58 Å². The van der Waals surface area contributed by atoms with E-state index in [9.17, 15) is 18.0 Å². The van der Waals surface area contributed by atoms with Crippen LogP contribution in [0.15, 0.2) is 47.5 Å².